The van der Waals surface area contributed by atoms with Crippen molar-refractivity contribution in [3.8, 4) is 0 Å². The zero-order valence-electron chi connectivity index (χ0n) is 6.94. The Balaban J connectivity index is 2.50. The number of aliphatic hydroxyl groups is 1. The molecule has 0 aliphatic rings. The van der Waals surface area contributed by atoms with Crippen LogP contribution in [0.1, 0.15) is 0 Å². The van der Waals surface area contributed by atoms with Gasteiger partial charge in [0.1, 0.15) is 12.1 Å². The summed E-state index contributed by atoms with van der Waals surface area (Å²) in [7, 11) is 0. The highest BCUT2D eigenvalue weighted by Gasteiger charge is 2.02. The molecule has 1 atom stereocenters. The molecule has 1 heterocycles. The first kappa shape index (κ1) is 10.6. The minimum Gasteiger partial charge on any atom is -0.395 e. The van der Waals surface area contributed by atoms with Crippen molar-refractivity contribution in [2.24, 2.45) is 5.73 Å². The van der Waals surface area contributed by atoms with Gasteiger partial charge in [-0.3, -0.25) is 0 Å². The van der Waals surface area contributed by atoms with Crippen molar-refractivity contribution < 1.29 is 5.11 Å². The lowest BCUT2D eigenvalue weighted by Crippen LogP contribution is -2.32. The Hall–Kier alpha value is -0.470. The minimum absolute atomic E-state index is 0.0331. The molecule has 0 amide bonds. The maximum atomic E-state index is 8.68. The van der Waals surface area contributed by atoms with Crippen molar-refractivity contribution in [1.82, 2.24) is 9.97 Å². The van der Waals surface area contributed by atoms with Gasteiger partial charge in [0.25, 0.3) is 0 Å². The number of hydrogen-bond donors (Lipinski definition) is 3. The zero-order valence-corrected chi connectivity index (χ0v) is 9.10. The Morgan fingerprint density at radius 3 is 3.08 bits per heavy atom. The summed E-state index contributed by atoms with van der Waals surface area (Å²) in [4.78, 5) is 7.87. The van der Waals surface area contributed by atoms with Gasteiger partial charge in [0.05, 0.1) is 10.2 Å². The first-order valence-electron chi connectivity index (χ1n) is 3.80. The lowest BCUT2D eigenvalue weighted by molar-refractivity contribution is 0.270. The molecule has 0 aliphatic carbocycles. The summed E-state index contributed by atoms with van der Waals surface area (Å²) in [6.07, 6.45) is 3.18. The van der Waals surface area contributed by atoms with Crippen LogP contribution >= 0.6 is 22.6 Å². The summed E-state index contributed by atoms with van der Waals surface area (Å²) in [5.74, 6) is 0.750. The SMILES string of the molecule is NC(CO)CNc1ncncc1I. The predicted molar refractivity (Wildman–Crippen MR) is 58.3 cm³/mol. The number of nitrogens with one attached hydrogen (secondary N) is 1. The molecular weight excluding hydrogens is 283 g/mol. The molecule has 1 rings (SSSR count). The van der Waals surface area contributed by atoms with Crippen LogP contribution in [0.5, 0.6) is 0 Å². The van der Waals surface area contributed by atoms with Gasteiger partial charge in [-0.25, -0.2) is 9.97 Å². The number of aromatic nitrogens is 2. The van der Waals surface area contributed by atoms with Crippen LogP contribution in [0.2, 0.25) is 0 Å². The zero-order chi connectivity index (χ0) is 9.68. The number of rotatable bonds is 4. The average molecular weight is 294 g/mol. The summed E-state index contributed by atoms with van der Waals surface area (Å²) in [6.45, 7) is 0.470. The second-order valence-electron chi connectivity index (χ2n) is 2.54. The van der Waals surface area contributed by atoms with Gasteiger partial charge < -0.3 is 16.2 Å². The smallest absolute Gasteiger partial charge is 0.142 e. The van der Waals surface area contributed by atoms with Crippen molar-refractivity contribution in [3.05, 3.63) is 16.1 Å². The predicted octanol–water partition coefficient (Wildman–Crippen LogP) is -0.187. The van der Waals surface area contributed by atoms with Crippen LogP contribution in [0, 0.1) is 3.57 Å². The molecule has 0 aromatic carbocycles. The summed E-state index contributed by atoms with van der Waals surface area (Å²) in [5, 5.41) is 11.7. The van der Waals surface area contributed by atoms with E-state index in [4.69, 9.17) is 10.8 Å². The fourth-order valence-corrected chi connectivity index (χ4v) is 1.23. The molecule has 1 aromatic heterocycles. The Kier molecular flexibility index (Phi) is 4.33. The van der Waals surface area contributed by atoms with Gasteiger partial charge in [-0.2, -0.15) is 0 Å². The Morgan fingerprint density at radius 1 is 1.69 bits per heavy atom. The fraction of sp³-hybridized carbons (Fsp3) is 0.429. The van der Waals surface area contributed by atoms with Crippen molar-refractivity contribution in [2.45, 2.75) is 6.04 Å². The lowest BCUT2D eigenvalue weighted by Gasteiger charge is -2.10. The standard InChI is InChI=1S/C7H11IN4O/c8-6-2-10-4-12-7(6)11-1-5(9)3-13/h2,4-5,13H,1,3,9H2,(H,10,11,12). The fourth-order valence-electron chi connectivity index (χ4n) is 0.735. The van der Waals surface area contributed by atoms with Crippen LogP contribution in [0.3, 0.4) is 0 Å². The van der Waals surface area contributed by atoms with Crippen LogP contribution in [0.4, 0.5) is 5.82 Å². The number of nitrogens with two attached hydrogens (primary N) is 1. The van der Waals surface area contributed by atoms with E-state index in [1.807, 2.05) is 0 Å². The average Bonchev–Trinajstić information content (AvgIpc) is 2.16. The Morgan fingerprint density at radius 2 is 2.46 bits per heavy atom. The van der Waals surface area contributed by atoms with E-state index < -0.39 is 0 Å². The van der Waals surface area contributed by atoms with Crippen LogP contribution in [-0.2, 0) is 0 Å². The van der Waals surface area contributed by atoms with Gasteiger partial charge >= 0.3 is 0 Å². The van der Waals surface area contributed by atoms with Crippen LogP contribution < -0.4 is 11.1 Å². The molecule has 4 N–H and O–H groups in total. The molecule has 0 spiro atoms. The molecule has 0 radical (unpaired) electrons. The normalized spacial score (nSPS) is 12.5. The lowest BCUT2D eigenvalue weighted by atomic mass is 10.3. The molecule has 1 aromatic rings. The molecular formula is C7H11IN4O. The van der Waals surface area contributed by atoms with E-state index in [0.717, 1.165) is 9.39 Å². The van der Waals surface area contributed by atoms with Gasteiger partial charge in [0, 0.05) is 18.8 Å². The number of halogens is 1. The molecule has 0 bridgehead atoms. The van der Waals surface area contributed by atoms with Crippen LogP contribution in [0.25, 0.3) is 0 Å². The van der Waals surface area contributed by atoms with Gasteiger partial charge in [-0.1, -0.05) is 0 Å². The molecule has 5 nitrogen and oxygen atoms in total. The van der Waals surface area contributed by atoms with Crippen molar-refractivity contribution >= 4 is 28.4 Å². The number of hydrogen-bond acceptors (Lipinski definition) is 5. The van der Waals surface area contributed by atoms with E-state index in [1.54, 1.807) is 6.20 Å². The molecule has 72 valence electrons. The van der Waals surface area contributed by atoms with Crippen LogP contribution in [0.15, 0.2) is 12.5 Å². The van der Waals surface area contributed by atoms with Gasteiger partial charge in [0.2, 0.25) is 0 Å². The Bertz CT molecular complexity index is 270. The quantitative estimate of drug-likeness (QED) is 0.671. The summed E-state index contributed by atoms with van der Waals surface area (Å²) < 4.78 is 0.935. The van der Waals surface area contributed by atoms with Crippen molar-refractivity contribution in [1.29, 1.82) is 0 Å². The van der Waals surface area contributed by atoms with E-state index in [2.05, 4.69) is 37.9 Å². The second kappa shape index (κ2) is 5.30. The third-order valence-electron chi connectivity index (χ3n) is 1.43. The molecule has 0 saturated heterocycles. The minimum atomic E-state index is -0.259. The number of aliphatic hydroxyl groups excluding tert-OH is 1. The maximum Gasteiger partial charge on any atom is 0.142 e. The second-order valence-corrected chi connectivity index (χ2v) is 3.71. The monoisotopic (exact) mass is 294 g/mol. The van der Waals surface area contributed by atoms with Crippen molar-refractivity contribution in [3.63, 3.8) is 0 Å². The highest BCUT2D eigenvalue weighted by Crippen LogP contribution is 2.11. The number of anilines is 1. The van der Waals surface area contributed by atoms with E-state index in [1.165, 1.54) is 6.33 Å². The van der Waals surface area contributed by atoms with Gasteiger partial charge in [-0.15, -0.1) is 0 Å². The molecule has 0 saturated carbocycles. The van der Waals surface area contributed by atoms with Gasteiger partial charge in [0.15, 0.2) is 0 Å². The van der Waals surface area contributed by atoms with E-state index in [0.29, 0.717) is 6.54 Å². The highest BCUT2D eigenvalue weighted by atomic mass is 127. The largest absolute Gasteiger partial charge is 0.395 e. The third-order valence-corrected chi connectivity index (χ3v) is 2.22. The maximum absolute atomic E-state index is 8.68. The topological polar surface area (TPSA) is 84.1 Å². The Labute approximate surface area is 89.9 Å². The number of nitrogens with zero attached hydrogens (tertiary/aromatic N) is 2. The molecule has 0 fully saturated rings. The first-order valence-corrected chi connectivity index (χ1v) is 4.87. The summed E-state index contributed by atoms with van der Waals surface area (Å²) in [6, 6.07) is -0.259. The third kappa shape index (κ3) is 3.41. The summed E-state index contributed by atoms with van der Waals surface area (Å²) >= 11 is 2.13. The molecule has 1 unspecified atom stereocenters. The first-order chi connectivity index (χ1) is 6.24. The molecule has 6 heteroatoms. The van der Waals surface area contributed by atoms with E-state index >= 15 is 0 Å². The van der Waals surface area contributed by atoms with E-state index in [-0.39, 0.29) is 12.6 Å². The molecule has 0 aliphatic heterocycles. The van der Waals surface area contributed by atoms with Crippen molar-refractivity contribution in [2.75, 3.05) is 18.5 Å². The molecule has 13 heavy (non-hydrogen) atoms. The highest BCUT2D eigenvalue weighted by molar-refractivity contribution is 14.1. The van der Waals surface area contributed by atoms with E-state index in [9.17, 15) is 0 Å². The van der Waals surface area contributed by atoms with Gasteiger partial charge in [-0.05, 0) is 22.6 Å². The summed E-state index contributed by atoms with van der Waals surface area (Å²) in [5.41, 5.74) is 5.51. The van der Waals surface area contributed by atoms with Crippen LogP contribution in [-0.4, -0.2) is 34.3 Å².